The molecule has 2 aliphatic rings. The molecule has 0 radical (unpaired) electrons. The minimum Gasteiger partial charge on any atom is -0.395 e. The fraction of sp³-hybridized carbons (Fsp3) is 0.395. The maximum Gasteiger partial charge on any atom is 0.248 e. The SMILES string of the molecule is C.N=C(N)CCCCC(NC(=O)C1=CC=C(c2ccc(Cl)cc2)C1)C(=O)NCCO.N=C(N)CCCCC(NC(=O)C1=CC=C(c2ccccc2)C1)C(=O)NCCO. The monoisotopic (exact) mass is 818 g/mol. The molecule has 2 aromatic carbocycles. The first kappa shape index (κ1) is 48.6. The predicted octanol–water partition coefficient (Wildman–Crippen LogP) is 4.27. The zero-order valence-corrected chi connectivity index (χ0v) is 32.9. The number of unbranched alkanes of at least 4 members (excludes halogenated alkanes) is 2. The van der Waals surface area contributed by atoms with Crippen LogP contribution in [0.4, 0.5) is 0 Å². The van der Waals surface area contributed by atoms with Crippen molar-refractivity contribution in [2.75, 3.05) is 26.3 Å². The summed E-state index contributed by atoms with van der Waals surface area (Å²) in [5.74, 6) is -0.994. The van der Waals surface area contributed by atoms with E-state index in [2.05, 4.69) is 21.3 Å². The first-order chi connectivity index (χ1) is 27.4. The highest BCUT2D eigenvalue weighted by atomic mass is 35.5. The molecule has 14 nitrogen and oxygen atoms in total. The smallest absolute Gasteiger partial charge is 0.248 e. The lowest BCUT2D eigenvalue weighted by Gasteiger charge is -2.19. The summed E-state index contributed by atoms with van der Waals surface area (Å²) in [6, 6.07) is 15.9. The fourth-order valence-electron chi connectivity index (χ4n) is 6.05. The molecule has 15 heteroatoms. The number of halogens is 1. The molecule has 0 saturated heterocycles. The third-order valence-electron chi connectivity index (χ3n) is 9.12. The van der Waals surface area contributed by atoms with Gasteiger partial charge in [-0.15, -0.1) is 0 Å². The third-order valence-corrected chi connectivity index (χ3v) is 9.37. The van der Waals surface area contributed by atoms with Crippen LogP contribution in [0, 0.1) is 10.8 Å². The van der Waals surface area contributed by atoms with Crippen LogP contribution in [-0.2, 0) is 19.2 Å². The number of carbonyl (C=O) groups excluding carboxylic acids is 4. The van der Waals surface area contributed by atoms with Crippen molar-refractivity contribution < 1.29 is 29.4 Å². The number of aliphatic hydroxyl groups is 2. The topological polar surface area (TPSA) is 257 Å². The van der Waals surface area contributed by atoms with Crippen LogP contribution in [0.5, 0.6) is 0 Å². The largest absolute Gasteiger partial charge is 0.395 e. The van der Waals surface area contributed by atoms with E-state index in [1.165, 1.54) is 0 Å². The number of rotatable bonds is 22. The first-order valence-corrected chi connectivity index (χ1v) is 19.4. The quantitative estimate of drug-likeness (QED) is 0.0465. The van der Waals surface area contributed by atoms with Gasteiger partial charge in [0.05, 0.1) is 24.9 Å². The average molecular weight is 819 g/mol. The second kappa shape index (κ2) is 26.4. The van der Waals surface area contributed by atoms with Gasteiger partial charge in [0.25, 0.3) is 0 Å². The molecule has 314 valence electrons. The molecule has 0 bridgehead atoms. The van der Waals surface area contributed by atoms with E-state index in [1.54, 1.807) is 24.3 Å². The van der Waals surface area contributed by atoms with Gasteiger partial charge in [0.15, 0.2) is 0 Å². The number of benzene rings is 2. The van der Waals surface area contributed by atoms with Gasteiger partial charge in [-0.05, 0) is 60.1 Å². The van der Waals surface area contributed by atoms with Gasteiger partial charge < -0.3 is 42.9 Å². The lowest BCUT2D eigenvalue weighted by Crippen LogP contribution is -2.47. The highest BCUT2D eigenvalue weighted by Crippen LogP contribution is 2.30. The Labute approximate surface area is 346 Å². The Kier molecular flexibility index (Phi) is 22.1. The number of nitrogens with two attached hydrogens (primary N) is 2. The molecule has 58 heavy (non-hydrogen) atoms. The van der Waals surface area contributed by atoms with E-state index < -0.39 is 12.1 Å². The van der Waals surface area contributed by atoms with Crippen molar-refractivity contribution in [1.82, 2.24) is 21.3 Å². The van der Waals surface area contributed by atoms with Crippen LogP contribution < -0.4 is 32.7 Å². The first-order valence-electron chi connectivity index (χ1n) is 19.1. The second-order valence-corrected chi connectivity index (χ2v) is 14.1. The highest BCUT2D eigenvalue weighted by molar-refractivity contribution is 6.30. The van der Waals surface area contributed by atoms with E-state index in [4.69, 9.17) is 44.1 Å². The van der Waals surface area contributed by atoms with Crippen LogP contribution in [0.15, 0.2) is 90.0 Å². The molecule has 2 atom stereocenters. The molecule has 0 aliphatic heterocycles. The summed E-state index contributed by atoms with van der Waals surface area (Å²) in [5.41, 5.74) is 16.0. The Morgan fingerprint density at radius 3 is 1.45 bits per heavy atom. The van der Waals surface area contributed by atoms with Gasteiger partial charge in [-0.25, -0.2) is 0 Å². The van der Waals surface area contributed by atoms with Crippen molar-refractivity contribution in [2.45, 2.75) is 83.7 Å². The average Bonchev–Trinajstić information content (AvgIpc) is 3.91. The highest BCUT2D eigenvalue weighted by Gasteiger charge is 2.25. The Bertz CT molecular complexity index is 1830. The van der Waals surface area contributed by atoms with Crippen molar-refractivity contribution in [3.05, 3.63) is 106 Å². The summed E-state index contributed by atoms with van der Waals surface area (Å²) >= 11 is 5.92. The van der Waals surface area contributed by atoms with Gasteiger partial charge >= 0.3 is 0 Å². The lowest BCUT2D eigenvalue weighted by molar-refractivity contribution is -0.127. The Hall–Kier alpha value is -5.57. The number of amidine groups is 2. The van der Waals surface area contributed by atoms with Gasteiger partial charge in [0.2, 0.25) is 23.6 Å². The van der Waals surface area contributed by atoms with E-state index >= 15 is 0 Å². The molecule has 2 unspecified atom stereocenters. The van der Waals surface area contributed by atoms with Gasteiger partial charge in [0, 0.05) is 54.9 Å². The van der Waals surface area contributed by atoms with Crippen LogP contribution >= 0.6 is 11.6 Å². The van der Waals surface area contributed by atoms with Crippen molar-refractivity contribution >= 4 is 58.0 Å². The van der Waals surface area contributed by atoms with Crippen molar-refractivity contribution in [3.8, 4) is 0 Å². The molecule has 12 N–H and O–H groups in total. The summed E-state index contributed by atoms with van der Waals surface area (Å²) in [6.07, 6.45) is 12.8. The Balaban J connectivity index is 0.000000394. The molecule has 2 aliphatic carbocycles. The molecule has 0 saturated carbocycles. The van der Waals surface area contributed by atoms with Crippen molar-refractivity contribution in [3.63, 3.8) is 0 Å². The van der Waals surface area contributed by atoms with Gasteiger partial charge in [-0.3, -0.25) is 30.0 Å². The minimum absolute atomic E-state index is 0. The summed E-state index contributed by atoms with van der Waals surface area (Å²) in [5, 5.41) is 43.8. The van der Waals surface area contributed by atoms with Crippen molar-refractivity contribution in [1.29, 1.82) is 10.8 Å². The summed E-state index contributed by atoms with van der Waals surface area (Å²) in [4.78, 5) is 50.0. The van der Waals surface area contributed by atoms with Gasteiger partial charge in [0.1, 0.15) is 12.1 Å². The number of nitrogens with one attached hydrogen (secondary N) is 6. The van der Waals surface area contributed by atoms with Crippen LogP contribution in [0.1, 0.15) is 82.8 Å². The normalized spacial score (nSPS) is 13.8. The molecule has 4 rings (SSSR count). The molecule has 0 heterocycles. The number of carbonyl (C=O) groups is 4. The molecule has 2 aromatic rings. The lowest BCUT2D eigenvalue weighted by atomic mass is 10.0. The van der Waals surface area contributed by atoms with E-state index in [9.17, 15) is 19.2 Å². The Morgan fingerprint density at radius 1 is 0.638 bits per heavy atom. The van der Waals surface area contributed by atoms with Gasteiger partial charge in [-0.1, -0.05) is 98.6 Å². The molecule has 0 fully saturated rings. The number of amides is 4. The Morgan fingerprint density at radius 2 is 1.05 bits per heavy atom. The zero-order valence-electron chi connectivity index (χ0n) is 32.1. The summed E-state index contributed by atoms with van der Waals surface area (Å²) in [6.45, 7) is -0.0623. The number of hydrogen-bond donors (Lipinski definition) is 10. The number of aliphatic hydroxyl groups excluding tert-OH is 2. The van der Waals surface area contributed by atoms with E-state index in [1.807, 2.05) is 54.6 Å². The molecule has 0 spiro atoms. The second-order valence-electron chi connectivity index (χ2n) is 13.6. The van der Waals surface area contributed by atoms with Crippen LogP contribution in [-0.4, -0.2) is 83.9 Å². The third kappa shape index (κ3) is 17.3. The minimum atomic E-state index is -0.707. The van der Waals surface area contributed by atoms with E-state index in [0.29, 0.717) is 80.4 Å². The van der Waals surface area contributed by atoms with Crippen LogP contribution in [0.25, 0.3) is 11.1 Å². The maximum atomic E-state index is 12.7. The number of allylic oxidation sites excluding steroid dienone is 6. The standard InChI is InChI=1S/C21H27ClN4O3.C21H28N4O3.CH4/c22-17-9-7-14(8-10-17)15-5-6-16(13-15)20(28)26-18(21(29)25-11-12-27)3-1-2-4-19(23)24;22-19(23)9-5-4-8-18(21(28)24-12-13-26)25-20(27)17-11-10-16(14-17)15-6-2-1-3-7-15;/h5-10,18,27H,1-4,11-13H2,(H3,23,24)(H,25,29)(H,26,28);1-3,6-7,10-11,18,26H,4-5,8-9,12-14H2,(H3,22,23)(H,24,28)(H,25,27);1H4. The fourth-order valence-corrected chi connectivity index (χ4v) is 6.17. The molecule has 0 aromatic heterocycles. The van der Waals surface area contributed by atoms with E-state index in [-0.39, 0.29) is 69.0 Å². The molecular formula is C43H59ClN8O6. The molecule has 4 amide bonds. The predicted molar refractivity (Wildman–Crippen MR) is 231 cm³/mol. The summed E-state index contributed by atoms with van der Waals surface area (Å²) in [7, 11) is 0. The van der Waals surface area contributed by atoms with Crippen molar-refractivity contribution in [2.24, 2.45) is 11.5 Å². The van der Waals surface area contributed by atoms with Crippen LogP contribution in [0.3, 0.4) is 0 Å². The van der Waals surface area contributed by atoms with Gasteiger partial charge in [-0.2, -0.15) is 0 Å². The van der Waals surface area contributed by atoms with E-state index in [0.717, 1.165) is 22.3 Å². The number of hydrogen-bond acceptors (Lipinski definition) is 8. The summed E-state index contributed by atoms with van der Waals surface area (Å²) < 4.78 is 0. The zero-order chi connectivity index (χ0) is 41.6. The molecular weight excluding hydrogens is 760 g/mol. The maximum absolute atomic E-state index is 12.7. The van der Waals surface area contributed by atoms with Crippen LogP contribution in [0.2, 0.25) is 5.02 Å².